The number of nitrogens with two attached hydrogens (primary N) is 1. The smallest absolute Gasteiger partial charge is 0.234 e. The van der Waals surface area contributed by atoms with Gasteiger partial charge in [0, 0.05) is 4.90 Å². The number of hydrogen-bond acceptors (Lipinski definition) is 5. The molecule has 1 aliphatic rings. The fourth-order valence-corrected chi connectivity index (χ4v) is 2.42. The summed E-state index contributed by atoms with van der Waals surface area (Å²) in [5, 5.41) is 5.88. The van der Waals surface area contributed by atoms with Crippen LogP contribution in [0.1, 0.15) is 11.7 Å². The van der Waals surface area contributed by atoms with Gasteiger partial charge in [0.25, 0.3) is 0 Å². The van der Waals surface area contributed by atoms with Crippen molar-refractivity contribution >= 4 is 23.4 Å². The first kappa shape index (κ1) is 11.4. The van der Waals surface area contributed by atoms with Gasteiger partial charge in [0.1, 0.15) is 0 Å². The van der Waals surface area contributed by atoms with Crippen LogP contribution in [0.4, 0.5) is 5.69 Å². The van der Waals surface area contributed by atoms with E-state index in [2.05, 4.69) is 16.1 Å². The van der Waals surface area contributed by atoms with E-state index in [-0.39, 0.29) is 12.1 Å². The zero-order valence-corrected chi connectivity index (χ0v) is 9.73. The minimum Gasteiger partial charge on any atom is -0.324 e. The lowest BCUT2D eigenvalue weighted by atomic mass is 10.1. The molecule has 5 nitrogen and oxygen atoms in total. The molecule has 1 atom stereocenters. The molecule has 5 N–H and O–H groups in total. The van der Waals surface area contributed by atoms with Crippen LogP contribution in [0.3, 0.4) is 0 Å². The third-order valence-corrected chi connectivity index (χ3v) is 3.50. The van der Waals surface area contributed by atoms with E-state index >= 15 is 0 Å². The highest BCUT2D eigenvalue weighted by Crippen LogP contribution is 2.32. The van der Waals surface area contributed by atoms with Gasteiger partial charge in [-0.3, -0.25) is 10.6 Å². The summed E-state index contributed by atoms with van der Waals surface area (Å²) in [6, 6.07) is 5.92. The van der Waals surface area contributed by atoms with Gasteiger partial charge in [-0.25, -0.2) is 5.43 Å². The first-order valence-corrected chi connectivity index (χ1v) is 5.93. The van der Waals surface area contributed by atoms with Crippen LogP contribution in [0, 0.1) is 0 Å². The van der Waals surface area contributed by atoms with Gasteiger partial charge >= 0.3 is 0 Å². The maximum Gasteiger partial charge on any atom is 0.234 e. The fraction of sp³-hybridized carbons (Fsp3) is 0.300. The highest BCUT2D eigenvalue weighted by Gasteiger charge is 2.17. The molecule has 16 heavy (non-hydrogen) atoms. The maximum absolute atomic E-state index is 11.3. The second-order valence-corrected chi connectivity index (χ2v) is 4.50. The van der Waals surface area contributed by atoms with Crippen molar-refractivity contribution in [2.75, 3.05) is 18.1 Å². The van der Waals surface area contributed by atoms with E-state index in [1.807, 2.05) is 25.2 Å². The molecule has 1 amide bonds. The van der Waals surface area contributed by atoms with Crippen LogP contribution < -0.4 is 21.9 Å². The largest absolute Gasteiger partial charge is 0.324 e. The summed E-state index contributed by atoms with van der Waals surface area (Å²) in [7, 11) is 1.82. The highest BCUT2D eigenvalue weighted by atomic mass is 32.2. The van der Waals surface area contributed by atoms with Crippen LogP contribution in [0.2, 0.25) is 0 Å². The first-order chi connectivity index (χ1) is 7.74. The van der Waals surface area contributed by atoms with Crippen molar-refractivity contribution < 1.29 is 4.79 Å². The summed E-state index contributed by atoms with van der Waals surface area (Å²) >= 11 is 1.55. The lowest BCUT2D eigenvalue weighted by Gasteiger charge is -2.20. The van der Waals surface area contributed by atoms with E-state index in [1.165, 1.54) is 0 Å². The average Bonchev–Trinajstić information content (AvgIpc) is 2.30. The Kier molecular flexibility index (Phi) is 3.45. The Bertz CT molecular complexity index is 406. The monoisotopic (exact) mass is 238 g/mol. The average molecular weight is 238 g/mol. The summed E-state index contributed by atoms with van der Waals surface area (Å²) in [6.45, 7) is 0. The molecule has 0 aromatic heterocycles. The molecule has 6 heteroatoms. The number of benzene rings is 1. The predicted octanol–water partition coefficient (Wildman–Crippen LogP) is 0.412. The van der Waals surface area contributed by atoms with E-state index in [9.17, 15) is 4.79 Å². The summed E-state index contributed by atoms with van der Waals surface area (Å²) in [6.07, 6.45) is -0.117. The topological polar surface area (TPSA) is 79.2 Å². The number of rotatable bonds is 3. The lowest BCUT2D eigenvalue weighted by Crippen LogP contribution is -2.36. The zero-order chi connectivity index (χ0) is 11.5. The van der Waals surface area contributed by atoms with E-state index in [0.29, 0.717) is 5.75 Å². The molecule has 0 spiro atoms. The van der Waals surface area contributed by atoms with E-state index < -0.39 is 0 Å². The van der Waals surface area contributed by atoms with E-state index in [0.717, 1.165) is 16.1 Å². The number of carbonyl (C=O) groups excluding carboxylic acids is 1. The molecule has 2 rings (SSSR count). The van der Waals surface area contributed by atoms with E-state index in [1.54, 1.807) is 11.8 Å². The number of hydrazine groups is 1. The van der Waals surface area contributed by atoms with Crippen molar-refractivity contribution in [3.63, 3.8) is 0 Å². The molecule has 0 saturated carbocycles. The summed E-state index contributed by atoms with van der Waals surface area (Å²) in [5.74, 6) is 5.93. The molecule has 0 bridgehead atoms. The van der Waals surface area contributed by atoms with Gasteiger partial charge in [-0.15, -0.1) is 11.8 Å². The number of amides is 1. The second-order valence-electron chi connectivity index (χ2n) is 3.48. The molecular formula is C10H14N4OS. The summed E-state index contributed by atoms with van der Waals surface area (Å²) in [5.41, 5.74) is 4.50. The van der Waals surface area contributed by atoms with Crippen molar-refractivity contribution in [3.05, 3.63) is 23.8 Å². The molecule has 0 aliphatic carbocycles. The first-order valence-electron chi connectivity index (χ1n) is 4.94. The second kappa shape index (κ2) is 4.84. The predicted molar refractivity (Wildman–Crippen MR) is 64.9 cm³/mol. The zero-order valence-electron chi connectivity index (χ0n) is 8.91. The standard InChI is InChI=1S/C10H14N4OS/c1-12-10(14-11)6-2-3-8-7(4-6)13-9(15)5-16-8/h2-4,10,12,14H,5,11H2,1H3,(H,13,15). The van der Waals surface area contributed by atoms with Crippen LogP contribution in [0.25, 0.3) is 0 Å². The molecular weight excluding hydrogens is 224 g/mol. The van der Waals surface area contributed by atoms with E-state index in [4.69, 9.17) is 5.84 Å². The van der Waals surface area contributed by atoms with Gasteiger partial charge in [-0.05, 0) is 24.7 Å². The third-order valence-electron chi connectivity index (χ3n) is 2.43. The lowest BCUT2D eigenvalue weighted by molar-refractivity contribution is -0.113. The third kappa shape index (κ3) is 2.19. The van der Waals surface area contributed by atoms with Gasteiger partial charge in [-0.1, -0.05) is 6.07 Å². The number of hydrogen-bond donors (Lipinski definition) is 4. The molecule has 1 aromatic rings. The normalized spacial score (nSPS) is 16.5. The van der Waals surface area contributed by atoms with Gasteiger partial charge in [0.2, 0.25) is 5.91 Å². The number of nitrogens with one attached hydrogen (secondary N) is 3. The molecule has 1 aliphatic heterocycles. The fourth-order valence-electron chi connectivity index (χ4n) is 1.63. The van der Waals surface area contributed by atoms with Gasteiger partial charge < -0.3 is 10.6 Å². The Balaban J connectivity index is 2.30. The van der Waals surface area contributed by atoms with Gasteiger partial charge in [0.05, 0.1) is 17.6 Å². The van der Waals surface area contributed by atoms with Crippen LogP contribution >= 0.6 is 11.8 Å². The van der Waals surface area contributed by atoms with Crippen molar-refractivity contribution in [3.8, 4) is 0 Å². The van der Waals surface area contributed by atoms with Crippen molar-refractivity contribution in [2.45, 2.75) is 11.1 Å². The van der Waals surface area contributed by atoms with Crippen molar-refractivity contribution in [2.24, 2.45) is 5.84 Å². The Morgan fingerprint density at radius 3 is 3.06 bits per heavy atom. The minimum atomic E-state index is -0.117. The SMILES string of the molecule is CNC(NN)c1ccc2c(c1)NC(=O)CS2. The number of carbonyl (C=O) groups is 1. The molecule has 0 fully saturated rings. The van der Waals surface area contributed by atoms with Crippen LogP contribution in [0.15, 0.2) is 23.1 Å². The molecule has 1 aromatic carbocycles. The molecule has 1 unspecified atom stereocenters. The van der Waals surface area contributed by atoms with Crippen molar-refractivity contribution in [1.29, 1.82) is 0 Å². The quantitative estimate of drug-likeness (QED) is 0.348. The molecule has 0 saturated heterocycles. The summed E-state index contributed by atoms with van der Waals surface area (Å²) < 4.78 is 0. The summed E-state index contributed by atoms with van der Waals surface area (Å²) in [4.78, 5) is 12.4. The number of fused-ring (bicyclic) bond motifs is 1. The van der Waals surface area contributed by atoms with Crippen LogP contribution in [-0.4, -0.2) is 18.7 Å². The van der Waals surface area contributed by atoms with Gasteiger partial charge in [0.15, 0.2) is 0 Å². The van der Waals surface area contributed by atoms with Crippen molar-refractivity contribution in [1.82, 2.24) is 10.7 Å². The molecule has 86 valence electrons. The van der Waals surface area contributed by atoms with Crippen LogP contribution in [0.5, 0.6) is 0 Å². The number of anilines is 1. The van der Waals surface area contributed by atoms with Gasteiger partial charge in [-0.2, -0.15) is 0 Å². The maximum atomic E-state index is 11.3. The molecule has 0 radical (unpaired) electrons. The Morgan fingerprint density at radius 2 is 2.38 bits per heavy atom. The Labute approximate surface area is 98.1 Å². The highest BCUT2D eigenvalue weighted by molar-refractivity contribution is 8.00. The van der Waals surface area contributed by atoms with Crippen LogP contribution in [-0.2, 0) is 4.79 Å². The molecule has 1 heterocycles. The minimum absolute atomic E-state index is 0.0383. The Hall–Kier alpha value is -1.08. The Morgan fingerprint density at radius 1 is 1.56 bits per heavy atom. The number of thioether (sulfide) groups is 1.